The first kappa shape index (κ1) is 15.8. The molecule has 0 saturated carbocycles. The molecule has 1 amide bonds. The lowest BCUT2D eigenvalue weighted by atomic mass is 10.1. The van der Waals surface area contributed by atoms with Crippen molar-refractivity contribution in [1.29, 1.82) is 0 Å². The molecule has 4 nitrogen and oxygen atoms in total. The van der Waals surface area contributed by atoms with Gasteiger partial charge in [-0.25, -0.2) is 0 Å². The van der Waals surface area contributed by atoms with E-state index in [2.05, 4.69) is 5.32 Å². The molecule has 0 aliphatic heterocycles. The molecule has 5 heteroatoms. The minimum atomic E-state index is -0.176. The molecule has 3 N–H and O–H groups in total. The van der Waals surface area contributed by atoms with Gasteiger partial charge in [-0.2, -0.15) is 0 Å². The minimum Gasteiger partial charge on any atom is -0.489 e. The van der Waals surface area contributed by atoms with Crippen LogP contribution in [0, 0.1) is 5.92 Å². The fraction of sp³-hybridized carbons (Fsp3) is 0.500. The highest BCUT2D eigenvalue weighted by atomic mass is 35.5. The van der Waals surface area contributed by atoms with E-state index < -0.39 is 0 Å². The van der Waals surface area contributed by atoms with Crippen molar-refractivity contribution in [1.82, 2.24) is 0 Å². The fourth-order valence-electron chi connectivity index (χ4n) is 1.63. The number of amides is 1. The van der Waals surface area contributed by atoms with E-state index in [1.54, 1.807) is 18.2 Å². The van der Waals surface area contributed by atoms with Gasteiger partial charge in [-0.05, 0) is 38.5 Å². The van der Waals surface area contributed by atoms with Crippen LogP contribution in [0.2, 0.25) is 5.02 Å². The monoisotopic (exact) mass is 284 g/mol. The molecule has 0 heterocycles. The third kappa shape index (κ3) is 4.73. The summed E-state index contributed by atoms with van der Waals surface area (Å²) in [6.45, 7) is 6.13. The average Bonchev–Trinajstić information content (AvgIpc) is 2.33. The van der Waals surface area contributed by atoms with E-state index in [-0.39, 0.29) is 17.9 Å². The zero-order valence-electron chi connectivity index (χ0n) is 11.6. The van der Waals surface area contributed by atoms with Crippen LogP contribution in [-0.4, -0.2) is 18.6 Å². The Morgan fingerprint density at radius 1 is 1.47 bits per heavy atom. The third-order valence-corrected chi connectivity index (χ3v) is 3.01. The van der Waals surface area contributed by atoms with Crippen LogP contribution >= 0.6 is 11.6 Å². The van der Waals surface area contributed by atoms with Gasteiger partial charge in [0.1, 0.15) is 5.75 Å². The highest BCUT2D eigenvalue weighted by Gasteiger charge is 2.15. The Morgan fingerprint density at radius 3 is 2.63 bits per heavy atom. The molecule has 1 aromatic rings. The van der Waals surface area contributed by atoms with Gasteiger partial charge in [0.05, 0.1) is 17.0 Å². The first-order valence-electron chi connectivity index (χ1n) is 6.45. The zero-order chi connectivity index (χ0) is 14.4. The number of anilines is 1. The number of nitrogens with two attached hydrogens (primary N) is 1. The van der Waals surface area contributed by atoms with Crippen LogP contribution in [0.4, 0.5) is 5.69 Å². The van der Waals surface area contributed by atoms with Gasteiger partial charge in [-0.1, -0.05) is 18.5 Å². The van der Waals surface area contributed by atoms with Gasteiger partial charge in [-0.3, -0.25) is 4.79 Å². The minimum absolute atomic E-state index is 0.0552. The van der Waals surface area contributed by atoms with Crippen molar-refractivity contribution in [3.8, 4) is 5.75 Å². The van der Waals surface area contributed by atoms with E-state index in [4.69, 9.17) is 22.1 Å². The van der Waals surface area contributed by atoms with Crippen molar-refractivity contribution in [3.05, 3.63) is 23.2 Å². The van der Waals surface area contributed by atoms with E-state index >= 15 is 0 Å². The van der Waals surface area contributed by atoms with Gasteiger partial charge in [0.15, 0.2) is 0 Å². The molecule has 0 aliphatic carbocycles. The van der Waals surface area contributed by atoms with Gasteiger partial charge in [0, 0.05) is 12.2 Å². The van der Waals surface area contributed by atoms with Crippen LogP contribution < -0.4 is 15.8 Å². The van der Waals surface area contributed by atoms with Crippen LogP contribution in [0.5, 0.6) is 5.75 Å². The summed E-state index contributed by atoms with van der Waals surface area (Å²) >= 11 is 6.10. The molecule has 1 unspecified atom stereocenters. The molecular formula is C14H21ClN2O2. The van der Waals surface area contributed by atoms with Crippen molar-refractivity contribution in [3.63, 3.8) is 0 Å². The van der Waals surface area contributed by atoms with Crippen LogP contribution in [0.15, 0.2) is 18.2 Å². The van der Waals surface area contributed by atoms with Gasteiger partial charge >= 0.3 is 0 Å². The molecule has 1 rings (SSSR count). The molecule has 0 aromatic heterocycles. The zero-order valence-corrected chi connectivity index (χ0v) is 12.3. The maximum Gasteiger partial charge on any atom is 0.228 e. The van der Waals surface area contributed by atoms with Gasteiger partial charge < -0.3 is 15.8 Å². The lowest BCUT2D eigenvalue weighted by Gasteiger charge is -2.15. The Balaban J connectivity index is 2.75. The van der Waals surface area contributed by atoms with Crippen LogP contribution in [0.3, 0.4) is 0 Å². The Morgan fingerprint density at radius 2 is 2.16 bits per heavy atom. The molecule has 0 aliphatic rings. The number of carbonyl (C=O) groups is 1. The molecule has 106 valence electrons. The summed E-state index contributed by atoms with van der Waals surface area (Å²) in [6.07, 6.45) is 0.768. The van der Waals surface area contributed by atoms with E-state index in [1.807, 2.05) is 20.8 Å². The Bertz CT molecular complexity index is 431. The number of benzene rings is 1. The lowest BCUT2D eigenvalue weighted by Crippen LogP contribution is -2.28. The van der Waals surface area contributed by atoms with Gasteiger partial charge in [-0.15, -0.1) is 0 Å². The van der Waals surface area contributed by atoms with E-state index in [9.17, 15) is 4.79 Å². The number of nitrogens with one attached hydrogen (secondary N) is 1. The van der Waals surface area contributed by atoms with E-state index in [1.165, 1.54) is 0 Å². The SMILES string of the molecule is CCC(CN)C(=O)Nc1ccc(OC(C)C)c(Cl)c1. The maximum absolute atomic E-state index is 11.9. The summed E-state index contributed by atoms with van der Waals surface area (Å²) in [7, 11) is 0. The number of ether oxygens (including phenoxy) is 1. The summed E-state index contributed by atoms with van der Waals surface area (Å²) in [5.74, 6) is 0.351. The van der Waals surface area contributed by atoms with Crippen LogP contribution in [-0.2, 0) is 4.79 Å². The third-order valence-electron chi connectivity index (χ3n) is 2.71. The van der Waals surface area contributed by atoms with Gasteiger partial charge in [0.25, 0.3) is 0 Å². The van der Waals surface area contributed by atoms with Crippen molar-refractivity contribution in [2.75, 3.05) is 11.9 Å². The summed E-state index contributed by atoms with van der Waals surface area (Å²) in [4.78, 5) is 11.9. The van der Waals surface area contributed by atoms with E-state index in [0.29, 0.717) is 29.4 Å². The Kier molecular flexibility index (Phi) is 6.12. The molecular weight excluding hydrogens is 264 g/mol. The maximum atomic E-state index is 11.9. The first-order chi connectivity index (χ1) is 8.97. The molecule has 0 saturated heterocycles. The average molecular weight is 285 g/mol. The second-order valence-corrected chi connectivity index (χ2v) is 5.05. The van der Waals surface area contributed by atoms with Crippen molar-refractivity contribution >= 4 is 23.2 Å². The molecule has 0 spiro atoms. The second-order valence-electron chi connectivity index (χ2n) is 4.64. The number of halogens is 1. The summed E-state index contributed by atoms with van der Waals surface area (Å²) < 4.78 is 5.53. The smallest absolute Gasteiger partial charge is 0.228 e. The number of hydrogen-bond donors (Lipinski definition) is 2. The van der Waals surface area contributed by atoms with Crippen molar-refractivity contribution < 1.29 is 9.53 Å². The molecule has 1 atom stereocenters. The highest BCUT2D eigenvalue weighted by molar-refractivity contribution is 6.32. The summed E-state index contributed by atoms with van der Waals surface area (Å²) in [6, 6.07) is 5.20. The Labute approximate surface area is 119 Å². The molecule has 0 radical (unpaired) electrons. The molecule has 19 heavy (non-hydrogen) atoms. The van der Waals surface area contributed by atoms with Gasteiger partial charge in [0.2, 0.25) is 5.91 Å². The number of carbonyl (C=O) groups excluding carboxylic acids is 1. The number of rotatable bonds is 6. The topological polar surface area (TPSA) is 64.4 Å². The predicted molar refractivity (Wildman–Crippen MR) is 78.7 cm³/mol. The fourth-order valence-corrected chi connectivity index (χ4v) is 1.86. The molecule has 1 aromatic carbocycles. The quantitative estimate of drug-likeness (QED) is 0.844. The van der Waals surface area contributed by atoms with Crippen LogP contribution in [0.25, 0.3) is 0 Å². The predicted octanol–water partition coefficient (Wildman–Crippen LogP) is 3.05. The lowest BCUT2D eigenvalue weighted by molar-refractivity contribution is -0.119. The van der Waals surface area contributed by atoms with Crippen LogP contribution in [0.1, 0.15) is 27.2 Å². The molecule has 0 bridgehead atoms. The van der Waals surface area contributed by atoms with Crippen molar-refractivity contribution in [2.45, 2.75) is 33.3 Å². The second kappa shape index (κ2) is 7.36. The normalized spacial score (nSPS) is 12.3. The highest BCUT2D eigenvalue weighted by Crippen LogP contribution is 2.28. The summed E-state index contributed by atoms with van der Waals surface area (Å²) in [5, 5.41) is 3.29. The van der Waals surface area contributed by atoms with Crippen molar-refractivity contribution in [2.24, 2.45) is 11.7 Å². The number of hydrogen-bond acceptors (Lipinski definition) is 3. The standard InChI is InChI=1S/C14H21ClN2O2/c1-4-10(8-16)14(18)17-11-5-6-13(12(15)7-11)19-9(2)3/h5-7,9-10H,4,8,16H2,1-3H3,(H,17,18). The summed E-state index contributed by atoms with van der Waals surface area (Å²) in [5.41, 5.74) is 6.19. The van der Waals surface area contributed by atoms with E-state index in [0.717, 1.165) is 0 Å². The first-order valence-corrected chi connectivity index (χ1v) is 6.82. The molecule has 0 fully saturated rings. The Hall–Kier alpha value is -1.26. The largest absolute Gasteiger partial charge is 0.489 e.